The highest BCUT2D eigenvalue weighted by atomic mass is 19.1. The third kappa shape index (κ3) is 5.17. The zero-order valence-electron chi connectivity index (χ0n) is 25.0. The van der Waals surface area contributed by atoms with Crippen LogP contribution in [0.3, 0.4) is 0 Å². The Morgan fingerprint density at radius 2 is 1.64 bits per heavy atom. The SMILES string of the molecule is CC1(C)Cc2c(ccc3c2ccc2ccccc23)CC1c1cccc(N2CC(F)C2)c1.O=C(O)c1ccc2ncccc2c1. The molecule has 1 saturated heterocycles. The van der Waals surface area contributed by atoms with Gasteiger partial charge in [0.2, 0.25) is 0 Å². The minimum Gasteiger partial charge on any atom is -0.478 e. The summed E-state index contributed by atoms with van der Waals surface area (Å²) in [6.45, 7) is 5.88. The summed E-state index contributed by atoms with van der Waals surface area (Å²) in [4.78, 5) is 16.9. The Morgan fingerprint density at radius 3 is 2.45 bits per heavy atom. The van der Waals surface area contributed by atoms with E-state index in [-0.39, 0.29) is 5.41 Å². The van der Waals surface area contributed by atoms with Gasteiger partial charge in [-0.15, -0.1) is 0 Å². The number of halogens is 1. The van der Waals surface area contributed by atoms with Crippen LogP contribution in [0.1, 0.15) is 46.8 Å². The second-order valence-electron chi connectivity index (χ2n) is 12.8. The molecular formula is C39H35FN2O2. The van der Waals surface area contributed by atoms with Crippen molar-refractivity contribution in [2.45, 2.75) is 38.8 Å². The van der Waals surface area contributed by atoms with Crippen molar-refractivity contribution in [1.29, 1.82) is 0 Å². The Kier molecular flexibility index (Phi) is 7.04. The number of benzene rings is 5. The first kappa shape index (κ1) is 28.0. The van der Waals surface area contributed by atoms with Crippen molar-refractivity contribution in [2.24, 2.45) is 5.41 Å². The van der Waals surface area contributed by atoms with Crippen LogP contribution in [-0.2, 0) is 12.8 Å². The Balaban J connectivity index is 0.000000201. The lowest BCUT2D eigenvalue weighted by molar-refractivity contribution is 0.0697. The molecule has 1 fully saturated rings. The third-order valence-electron chi connectivity index (χ3n) is 9.46. The summed E-state index contributed by atoms with van der Waals surface area (Å²) in [5.74, 6) is -0.453. The van der Waals surface area contributed by atoms with Crippen LogP contribution in [0.25, 0.3) is 32.4 Å². The molecule has 0 spiro atoms. The lowest BCUT2D eigenvalue weighted by Gasteiger charge is -2.42. The predicted molar refractivity (Wildman–Crippen MR) is 178 cm³/mol. The molecule has 0 amide bonds. The van der Waals surface area contributed by atoms with Crippen molar-refractivity contribution in [2.75, 3.05) is 18.0 Å². The summed E-state index contributed by atoms with van der Waals surface area (Å²) < 4.78 is 13.4. The second-order valence-corrected chi connectivity index (χ2v) is 12.8. The number of rotatable bonds is 3. The number of anilines is 1. The summed E-state index contributed by atoms with van der Waals surface area (Å²) in [6.07, 6.45) is 3.14. The van der Waals surface area contributed by atoms with Crippen LogP contribution in [0.4, 0.5) is 10.1 Å². The average Bonchev–Trinajstić information content (AvgIpc) is 3.02. The number of alkyl halides is 1. The lowest BCUT2D eigenvalue weighted by atomic mass is 9.63. The molecule has 5 aromatic carbocycles. The van der Waals surface area contributed by atoms with Crippen molar-refractivity contribution in [1.82, 2.24) is 4.98 Å². The first-order chi connectivity index (χ1) is 21.3. The summed E-state index contributed by atoms with van der Waals surface area (Å²) in [7, 11) is 0. The first-order valence-corrected chi connectivity index (χ1v) is 15.3. The fourth-order valence-corrected chi connectivity index (χ4v) is 7.02. The molecule has 220 valence electrons. The molecule has 1 aromatic heterocycles. The standard InChI is InChI=1S/C29H28FN.C10H7NO2/c1-29(2)16-27-20(11-13-25-24-9-4-3-6-19(24)10-12-26(25)27)15-28(29)21-7-5-8-23(14-21)31-17-22(30)18-31;12-10(13)8-3-4-9-7(6-8)2-1-5-11-9/h3-14,22,28H,15-18H2,1-2H3;1-6H,(H,12,13). The fraction of sp³-hybridized carbons (Fsp3) is 0.231. The topological polar surface area (TPSA) is 53.4 Å². The molecule has 1 aliphatic heterocycles. The van der Waals surface area contributed by atoms with Crippen molar-refractivity contribution < 1.29 is 14.3 Å². The maximum absolute atomic E-state index is 13.4. The van der Waals surface area contributed by atoms with Gasteiger partial charge in [0.25, 0.3) is 0 Å². The van der Waals surface area contributed by atoms with Crippen molar-refractivity contribution in [3.05, 3.63) is 132 Å². The van der Waals surface area contributed by atoms with Gasteiger partial charge in [0, 0.05) is 17.3 Å². The highest BCUT2D eigenvalue weighted by Gasteiger charge is 2.37. The maximum atomic E-state index is 13.4. The van der Waals surface area contributed by atoms with Crippen molar-refractivity contribution in [3.8, 4) is 0 Å². The number of nitrogens with zero attached hydrogens (tertiary/aromatic N) is 2. The van der Waals surface area contributed by atoms with Crippen LogP contribution in [-0.4, -0.2) is 35.3 Å². The van der Waals surface area contributed by atoms with Gasteiger partial charge in [-0.05, 0) is 98.8 Å². The van der Waals surface area contributed by atoms with Gasteiger partial charge in [0.05, 0.1) is 24.2 Å². The second kappa shape index (κ2) is 11.1. The first-order valence-electron chi connectivity index (χ1n) is 15.3. The smallest absolute Gasteiger partial charge is 0.335 e. The third-order valence-corrected chi connectivity index (χ3v) is 9.46. The van der Waals surface area contributed by atoms with E-state index < -0.39 is 12.1 Å². The molecule has 8 rings (SSSR count). The van der Waals surface area contributed by atoms with E-state index >= 15 is 0 Å². The quantitative estimate of drug-likeness (QED) is 0.212. The number of aromatic nitrogens is 1. The normalized spacial score (nSPS) is 17.5. The largest absolute Gasteiger partial charge is 0.478 e. The Hall–Kier alpha value is -4.77. The molecule has 0 radical (unpaired) electrons. The van der Waals surface area contributed by atoms with E-state index in [9.17, 15) is 9.18 Å². The molecule has 0 saturated carbocycles. The number of carboxylic acids is 1. The molecule has 2 heterocycles. The summed E-state index contributed by atoms with van der Waals surface area (Å²) in [5.41, 5.74) is 6.80. The van der Waals surface area contributed by atoms with Crippen LogP contribution in [0.2, 0.25) is 0 Å². The zero-order chi connectivity index (χ0) is 30.4. The van der Waals surface area contributed by atoms with E-state index in [1.165, 1.54) is 38.2 Å². The molecule has 1 unspecified atom stereocenters. The lowest BCUT2D eigenvalue weighted by Crippen LogP contribution is -2.48. The molecule has 1 N–H and O–H groups in total. The summed E-state index contributed by atoms with van der Waals surface area (Å²) in [5, 5.41) is 15.0. The number of pyridine rings is 1. The van der Waals surface area contributed by atoms with Crippen molar-refractivity contribution in [3.63, 3.8) is 0 Å². The van der Waals surface area contributed by atoms with Crippen molar-refractivity contribution >= 4 is 44.1 Å². The van der Waals surface area contributed by atoms with E-state index in [2.05, 4.69) is 96.5 Å². The summed E-state index contributed by atoms with van der Waals surface area (Å²) in [6, 6.07) is 35.3. The van der Waals surface area contributed by atoms with E-state index in [1.54, 1.807) is 30.5 Å². The van der Waals surface area contributed by atoms with E-state index in [0.29, 0.717) is 24.6 Å². The molecule has 0 bridgehead atoms. The van der Waals surface area contributed by atoms with Crippen LogP contribution in [0.15, 0.2) is 109 Å². The highest BCUT2D eigenvalue weighted by molar-refractivity contribution is 6.08. The zero-order valence-corrected chi connectivity index (χ0v) is 25.0. The number of fused-ring (bicyclic) bond motifs is 6. The van der Waals surface area contributed by atoms with E-state index in [4.69, 9.17) is 5.11 Å². The number of carbonyl (C=O) groups is 1. The van der Waals surface area contributed by atoms with Gasteiger partial charge in [0.1, 0.15) is 6.17 Å². The number of hydrogen-bond acceptors (Lipinski definition) is 3. The van der Waals surface area contributed by atoms with Gasteiger partial charge in [0.15, 0.2) is 0 Å². The molecule has 1 aliphatic carbocycles. The van der Waals surface area contributed by atoms with Crippen LogP contribution in [0, 0.1) is 5.41 Å². The van der Waals surface area contributed by atoms with E-state index in [1.807, 2.05) is 6.07 Å². The molecule has 5 heteroatoms. The van der Waals surface area contributed by atoms with Gasteiger partial charge >= 0.3 is 5.97 Å². The fourth-order valence-electron chi connectivity index (χ4n) is 7.02. The van der Waals surface area contributed by atoms with Gasteiger partial charge < -0.3 is 10.0 Å². The highest BCUT2D eigenvalue weighted by Crippen LogP contribution is 2.48. The van der Waals surface area contributed by atoms with Gasteiger partial charge in [-0.25, -0.2) is 9.18 Å². The molecule has 6 aromatic rings. The Morgan fingerprint density at radius 1 is 0.841 bits per heavy atom. The maximum Gasteiger partial charge on any atom is 0.335 e. The molecule has 44 heavy (non-hydrogen) atoms. The number of aromatic carboxylic acids is 1. The predicted octanol–water partition coefficient (Wildman–Crippen LogP) is 8.99. The molecule has 4 nitrogen and oxygen atoms in total. The molecule has 1 atom stereocenters. The number of hydrogen-bond donors (Lipinski definition) is 1. The minimum absolute atomic E-state index is 0.156. The van der Waals surface area contributed by atoms with Gasteiger partial charge in [-0.3, -0.25) is 4.98 Å². The van der Waals surface area contributed by atoms with Crippen LogP contribution < -0.4 is 4.90 Å². The summed E-state index contributed by atoms with van der Waals surface area (Å²) >= 11 is 0. The van der Waals surface area contributed by atoms with Crippen LogP contribution >= 0.6 is 0 Å². The van der Waals surface area contributed by atoms with E-state index in [0.717, 1.165) is 29.4 Å². The number of carboxylic acid groups (broad SMARTS) is 1. The van der Waals surface area contributed by atoms with Crippen LogP contribution in [0.5, 0.6) is 0 Å². The molecule has 2 aliphatic rings. The monoisotopic (exact) mass is 582 g/mol. The Labute approximate surface area is 256 Å². The Bertz CT molecular complexity index is 2030. The average molecular weight is 583 g/mol. The van der Waals surface area contributed by atoms with Gasteiger partial charge in [-0.1, -0.05) is 80.6 Å². The van der Waals surface area contributed by atoms with Gasteiger partial charge in [-0.2, -0.15) is 0 Å². The minimum atomic E-state index is -0.911. The molecular weight excluding hydrogens is 547 g/mol.